The molecule has 0 aliphatic heterocycles. The number of carbonyl (C=O) groups is 1. The van der Waals surface area contributed by atoms with Gasteiger partial charge in [0.1, 0.15) is 16.5 Å². The van der Waals surface area contributed by atoms with Crippen LogP contribution in [0.2, 0.25) is 0 Å². The average Bonchev–Trinajstić information content (AvgIpc) is 3.24. The molecule has 0 radical (unpaired) electrons. The number of H-pyrrole nitrogens is 1. The fraction of sp³-hybridized carbons (Fsp3) is 0.118. The zero-order valence-corrected chi connectivity index (χ0v) is 14.9. The lowest BCUT2D eigenvalue weighted by Gasteiger charge is -1.98. The summed E-state index contributed by atoms with van der Waals surface area (Å²) in [5.41, 5.74) is 0. The summed E-state index contributed by atoms with van der Waals surface area (Å²) in [4.78, 5) is 16.8. The zero-order valence-electron chi connectivity index (χ0n) is 13.3. The Morgan fingerprint density at radius 1 is 1.28 bits per heavy atom. The van der Waals surface area contributed by atoms with Crippen molar-refractivity contribution in [3.8, 4) is 0 Å². The molecule has 0 bridgehead atoms. The van der Waals surface area contributed by atoms with Crippen LogP contribution in [0.1, 0.15) is 18.5 Å². The molecule has 2 aromatic heterocycles. The van der Waals surface area contributed by atoms with Gasteiger partial charge in [-0.25, -0.2) is 9.78 Å². The van der Waals surface area contributed by atoms with E-state index in [0.717, 1.165) is 16.7 Å². The Balaban J connectivity index is 1.75. The molecule has 0 unspecified atom stereocenters. The fourth-order valence-corrected chi connectivity index (χ4v) is 3.42. The Kier molecular flexibility index (Phi) is 5.62. The van der Waals surface area contributed by atoms with Gasteiger partial charge in [-0.3, -0.25) is 5.10 Å². The lowest BCUT2D eigenvalue weighted by atomic mass is 10.4. The van der Waals surface area contributed by atoms with Crippen molar-refractivity contribution in [3.63, 3.8) is 0 Å². The number of carboxylic acids is 1. The van der Waals surface area contributed by atoms with Gasteiger partial charge < -0.3 is 9.52 Å². The summed E-state index contributed by atoms with van der Waals surface area (Å²) < 4.78 is 5.69. The maximum Gasteiger partial charge on any atom is 0.342 e. The highest BCUT2D eigenvalue weighted by Gasteiger charge is 2.14. The Bertz CT molecular complexity index is 887. The number of nitrogens with one attached hydrogen (secondary N) is 1. The Hall–Kier alpha value is -2.45. The smallest absolute Gasteiger partial charge is 0.342 e. The van der Waals surface area contributed by atoms with E-state index < -0.39 is 5.97 Å². The number of aromatic amines is 1. The van der Waals surface area contributed by atoms with Crippen LogP contribution in [0.4, 0.5) is 0 Å². The van der Waals surface area contributed by atoms with E-state index in [0.29, 0.717) is 28.3 Å². The van der Waals surface area contributed by atoms with Crippen LogP contribution < -0.4 is 0 Å². The molecule has 0 fully saturated rings. The van der Waals surface area contributed by atoms with E-state index in [1.807, 2.05) is 43.3 Å². The highest BCUT2D eigenvalue weighted by atomic mass is 32.2. The van der Waals surface area contributed by atoms with Gasteiger partial charge in [0.15, 0.2) is 5.09 Å². The number of rotatable bonds is 7. The Morgan fingerprint density at radius 3 is 2.76 bits per heavy atom. The first-order valence-corrected chi connectivity index (χ1v) is 9.14. The van der Waals surface area contributed by atoms with E-state index in [1.54, 1.807) is 6.07 Å². The van der Waals surface area contributed by atoms with Gasteiger partial charge in [0.2, 0.25) is 5.16 Å². The number of aromatic nitrogens is 3. The molecule has 2 heterocycles. The van der Waals surface area contributed by atoms with Crippen LogP contribution in [0.3, 0.4) is 0 Å². The number of furan rings is 1. The first kappa shape index (κ1) is 17.4. The minimum absolute atomic E-state index is 0.0901. The molecule has 128 valence electrons. The summed E-state index contributed by atoms with van der Waals surface area (Å²) in [5, 5.41) is 17.2. The van der Waals surface area contributed by atoms with E-state index in [1.165, 1.54) is 17.8 Å². The molecular weight excluding hydrogens is 358 g/mol. The SMILES string of the molecule is CCc1nc(S/C(=C\c2ccc(Sc3ccccc3)o2)C(=O)O)n[nH]1. The number of benzene rings is 1. The van der Waals surface area contributed by atoms with Crippen molar-refractivity contribution in [2.24, 2.45) is 0 Å². The first-order chi connectivity index (χ1) is 12.1. The van der Waals surface area contributed by atoms with Crippen LogP contribution in [0.15, 0.2) is 66.9 Å². The van der Waals surface area contributed by atoms with Crippen LogP contribution in [0, 0.1) is 0 Å². The number of thioether (sulfide) groups is 1. The standard InChI is InChI=1S/C17H15N3O3S2/c1-2-14-18-17(20-19-14)25-13(16(21)22)10-11-8-9-15(23-11)24-12-6-4-3-5-7-12/h3-10H,2H2,1H3,(H,21,22)(H,18,19,20)/b13-10-. The second-order valence-corrected chi connectivity index (χ2v) is 6.99. The van der Waals surface area contributed by atoms with Crippen molar-refractivity contribution in [2.45, 2.75) is 28.5 Å². The molecule has 0 aliphatic carbocycles. The summed E-state index contributed by atoms with van der Waals surface area (Å²) in [5.74, 6) is 0.128. The molecule has 2 N–H and O–H groups in total. The van der Waals surface area contributed by atoms with E-state index >= 15 is 0 Å². The second kappa shape index (κ2) is 8.09. The zero-order chi connectivity index (χ0) is 17.6. The van der Waals surface area contributed by atoms with Crippen molar-refractivity contribution >= 4 is 35.6 Å². The average molecular weight is 373 g/mol. The normalized spacial score (nSPS) is 11.6. The third-order valence-corrected chi connectivity index (χ3v) is 4.90. The largest absolute Gasteiger partial charge is 0.477 e. The third kappa shape index (κ3) is 4.77. The van der Waals surface area contributed by atoms with Gasteiger partial charge in [-0.05, 0) is 36.0 Å². The molecule has 0 amide bonds. The third-order valence-electron chi connectivity index (χ3n) is 3.10. The van der Waals surface area contributed by atoms with Crippen molar-refractivity contribution < 1.29 is 14.3 Å². The van der Waals surface area contributed by atoms with Crippen molar-refractivity contribution in [1.29, 1.82) is 0 Å². The Labute approximate surface area is 152 Å². The fourth-order valence-electron chi connectivity index (χ4n) is 1.92. The number of nitrogens with zero attached hydrogens (tertiary/aromatic N) is 2. The van der Waals surface area contributed by atoms with Crippen LogP contribution in [0.5, 0.6) is 0 Å². The van der Waals surface area contributed by atoms with Gasteiger partial charge in [-0.15, -0.1) is 5.10 Å². The monoisotopic (exact) mass is 373 g/mol. The maximum atomic E-state index is 11.5. The van der Waals surface area contributed by atoms with Crippen LogP contribution >= 0.6 is 23.5 Å². The predicted molar refractivity (Wildman–Crippen MR) is 96.5 cm³/mol. The van der Waals surface area contributed by atoms with Gasteiger partial charge in [-0.2, -0.15) is 0 Å². The number of aryl methyl sites for hydroxylation is 1. The molecule has 0 atom stereocenters. The molecule has 0 aliphatic rings. The molecular formula is C17H15N3O3S2. The molecule has 0 spiro atoms. The summed E-state index contributed by atoms with van der Waals surface area (Å²) in [6.07, 6.45) is 2.18. The van der Waals surface area contributed by atoms with Crippen LogP contribution in [0.25, 0.3) is 6.08 Å². The Morgan fingerprint density at radius 2 is 2.08 bits per heavy atom. The van der Waals surface area contributed by atoms with Crippen LogP contribution in [-0.2, 0) is 11.2 Å². The number of carboxylic acid groups (broad SMARTS) is 1. The van der Waals surface area contributed by atoms with Gasteiger partial charge in [0.05, 0.1) is 0 Å². The predicted octanol–water partition coefficient (Wildman–Crippen LogP) is 4.33. The van der Waals surface area contributed by atoms with E-state index in [9.17, 15) is 9.90 Å². The summed E-state index contributed by atoms with van der Waals surface area (Å²) in [6, 6.07) is 13.4. The highest BCUT2D eigenvalue weighted by molar-refractivity contribution is 8.04. The minimum atomic E-state index is -1.05. The van der Waals surface area contributed by atoms with Gasteiger partial charge in [0.25, 0.3) is 0 Å². The van der Waals surface area contributed by atoms with Crippen LogP contribution in [-0.4, -0.2) is 26.3 Å². The van der Waals surface area contributed by atoms with Crippen molar-refractivity contribution in [3.05, 3.63) is 59.0 Å². The van der Waals surface area contributed by atoms with Crippen molar-refractivity contribution in [1.82, 2.24) is 15.2 Å². The molecule has 25 heavy (non-hydrogen) atoms. The summed E-state index contributed by atoms with van der Waals surface area (Å²) in [7, 11) is 0. The van der Waals surface area contributed by atoms with Gasteiger partial charge in [0, 0.05) is 17.4 Å². The lowest BCUT2D eigenvalue weighted by Crippen LogP contribution is -1.97. The highest BCUT2D eigenvalue weighted by Crippen LogP contribution is 2.31. The molecule has 1 aromatic carbocycles. The minimum Gasteiger partial charge on any atom is -0.477 e. The molecule has 0 saturated carbocycles. The molecule has 6 nitrogen and oxygen atoms in total. The molecule has 3 aromatic rings. The maximum absolute atomic E-state index is 11.5. The first-order valence-electron chi connectivity index (χ1n) is 7.51. The van der Waals surface area contributed by atoms with Gasteiger partial charge in [-0.1, -0.05) is 36.9 Å². The second-order valence-electron chi connectivity index (χ2n) is 4.91. The molecule has 0 saturated heterocycles. The number of aliphatic carboxylic acids is 1. The number of hydrogen-bond donors (Lipinski definition) is 2. The quantitative estimate of drug-likeness (QED) is 0.470. The van der Waals surface area contributed by atoms with E-state index in [2.05, 4.69) is 15.2 Å². The summed E-state index contributed by atoms with van der Waals surface area (Å²) >= 11 is 2.46. The van der Waals surface area contributed by atoms with Gasteiger partial charge >= 0.3 is 5.97 Å². The molecule has 8 heteroatoms. The lowest BCUT2D eigenvalue weighted by molar-refractivity contribution is -0.131. The van der Waals surface area contributed by atoms with Crippen molar-refractivity contribution in [2.75, 3.05) is 0 Å². The number of hydrogen-bond acceptors (Lipinski definition) is 6. The molecule has 3 rings (SSSR count). The summed E-state index contributed by atoms with van der Waals surface area (Å²) in [6.45, 7) is 1.94. The van der Waals surface area contributed by atoms with E-state index in [-0.39, 0.29) is 4.91 Å². The van der Waals surface area contributed by atoms with E-state index in [4.69, 9.17) is 4.42 Å². The topological polar surface area (TPSA) is 92.0 Å².